The standard InChI is InChI=1S/C16H19ClN2O2/c1-20-9-8-18-11-13-10-14(17)5-6-16(13)21-12-15-4-2-3-7-19-15/h2-7,10,18H,8-9,11-12H2,1H3. The van der Waals surface area contributed by atoms with E-state index in [1.54, 1.807) is 13.3 Å². The molecule has 0 aliphatic heterocycles. The van der Waals surface area contributed by atoms with E-state index in [0.29, 0.717) is 24.8 Å². The summed E-state index contributed by atoms with van der Waals surface area (Å²) in [6.07, 6.45) is 1.76. The summed E-state index contributed by atoms with van der Waals surface area (Å²) in [6.45, 7) is 2.57. The van der Waals surface area contributed by atoms with Gasteiger partial charge in [-0.05, 0) is 30.3 Å². The quantitative estimate of drug-likeness (QED) is 0.761. The average molecular weight is 307 g/mol. The van der Waals surface area contributed by atoms with Crippen LogP contribution in [0.4, 0.5) is 0 Å². The van der Waals surface area contributed by atoms with Gasteiger partial charge in [-0.1, -0.05) is 17.7 Å². The number of benzene rings is 1. The Labute approximate surface area is 130 Å². The molecule has 0 spiro atoms. The molecule has 1 heterocycles. The second kappa shape index (κ2) is 8.62. The van der Waals surface area contributed by atoms with Crippen LogP contribution in [-0.2, 0) is 17.9 Å². The summed E-state index contributed by atoms with van der Waals surface area (Å²) < 4.78 is 10.9. The van der Waals surface area contributed by atoms with E-state index >= 15 is 0 Å². The molecule has 2 aromatic rings. The summed E-state index contributed by atoms with van der Waals surface area (Å²) in [6, 6.07) is 11.4. The molecule has 0 aliphatic rings. The van der Waals surface area contributed by atoms with Gasteiger partial charge in [-0.15, -0.1) is 0 Å². The van der Waals surface area contributed by atoms with E-state index in [0.717, 1.165) is 23.6 Å². The van der Waals surface area contributed by atoms with Crippen LogP contribution in [0.1, 0.15) is 11.3 Å². The summed E-state index contributed by atoms with van der Waals surface area (Å²) in [5.74, 6) is 0.815. The molecule has 112 valence electrons. The number of nitrogens with one attached hydrogen (secondary N) is 1. The van der Waals surface area contributed by atoms with Gasteiger partial charge in [-0.3, -0.25) is 4.98 Å². The van der Waals surface area contributed by atoms with E-state index in [-0.39, 0.29) is 0 Å². The fraction of sp³-hybridized carbons (Fsp3) is 0.312. The topological polar surface area (TPSA) is 43.4 Å². The first-order chi connectivity index (χ1) is 10.3. The third-order valence-electron chi connectivity index (χ3n) is 2.92. The highest BCUT2D eigenvalue weighted by Gasteiger charge is 2.05. The maximum atomic E-state index is 6.05. The molecule has 4 nitrogen and oxygen atoms in total. The van der Waals surface area contributed by atoms with Crippen LogP contribution in [0.3, 0.4) is 0 Å². The van der Waals surface area contributed by atoms with Crippen LogP contribution in [0, 0.1) is 0 Å². The second-order valence-corrected chi connectivity index (χ2v) is 4.97. The highest BCUT2D eigenvalue weighted by molar-refractivity contribution is 6.30. The van der Waals surface area contributed by atoms with Crippen LogP contribution in [-0.4, -0.2) is 25.2 Å². The summed E-state index contributed by atoms with van der Waals surface area (Å²) >= 11 is 6.05. The Kier molecular flexibility index (Phi) is 6.47. The Hall–Kier alpha value is -1.62. The zero-order valence-corrected chi connectivity index (χ0v) is 12.8. The van der Waals surface area contributed by atoms with Crippen LogP contribution in [0.15, 0.2) is 42.6 Å². The molecule has 0 bridgehead atoms. The van der Waals surface area contributed by atoms with Gasteiger partial charge in [0.2, 0.25) is 0 Å². The molecule has 0 saturated heterocycles. The average Bonchev–Trinajstić information content (AvgIpc) is 2.52. The van der Waals surface area contributed by atoms with Crippen molar-refractivity contribution < 1.29 is 9.47 Å². The van der Waals surface area contributed by atoms with Gasteiger partial charge in [0.25, 0.3) is 0 Å². The van der Waals surface area contributed by atoms with Crippen molar-refractivity contribution in [2.45, 2.75) is 13.2 Å². The van der Waals surface area contributed by atoms with Gasteiger partial charge >= 0.3 is 0 Å². The van der Waals surface area contributed by atoms with E-state index in [9.17, 15) is 0 Å². The Morgan fingerprint density at radius 1 is 1.24 bits per heavy atom. The Balaban J connectivity index is 1.97. The van der Waals surface area contributed by atoms with Gasteiger partial charge in [0, 0.05) is 37.0 Å². The molecule has 5 heteroatoms. The molecule has 1 aromatic carbocycles. The van der Waals surface area contributed by atoms with Crippen molar-refractivity contribution in [3.8, 4) is 5.75 Å². The van der Waals surface area contributed by atoms with E-state index in [4.69, 9.17) is 21.1 Å². The summed E-state index contributed by atoms with van der Waals surface area (Å²) in [4.78, 5) is 4.24. The molecular formula is C16H19ClN2O2. The van der Waals surface area contributed by atoms with Gasteiger partial charge in [-0.2, -0.15) is 0 Å². The maximum Gasteiger partial charge on any atom is 0.130 e. The zero-order valence-electron chi connectivity index (χ0n) is 12.0. The number of hydrogen-bond acceptors (Lipinski definition) is 4. The molecule has 1 N–H and O–H groups in total. The monoisotopic (exact) mass is 306 g/mol. The van der Waals surface area contributed by atoms with Crippen molar-refractivity contribution in [1.29, 1.82) is 0 Å². The molecule has 0 aliphatic carbocycles. The molecule has 21 heavy (non-hydrogen) atoms. The molecule has 0 saturated carbocycles. The first kappa shape index (κ1) is 15.8. The Morgan fingerprint density at radius 3 is 2.90 bits per heavy atom. The largest absolute Gasteiger partial charge is 0.487 e. The van der Waals surface area contributed by atoms with Gasteiger partial charge < -0.3 is 14.8 Å². The fourth-order valence-corrected chi connectivity index (χ4v) is 2.05. The zero-order chi connectivity index (χ0) is 14.9. The first-order valence-corrected chi connectivity index (χ1v) is 7.18. The maximum absolute atomic E-state index is 6.05. The van der Waals surface area contributed by atoms with Crippen LogP contribution in [0.25, 0.3) is 0 Å². The lowest BCUT2D eigenvalue weighted by Gasteiger charge is -2.12. The van der Waals surface area contributed by atoms with Crippen molar-refractivity contribution in [3.63, 3.8) is 0 Å². The van der Waals surface area contributed by atoms with Crippen molar-refractivity contribution in [2.75, 3.05) is 20.3 Å². The number of nitrogens with zero attached hydrogens (tertiary/aromatic N) is 1. The highest BCUT2D eigenvalue weighted by Crippen LogP contribution is 2.23. The minimum absolute atomic E-state index is 0.438. The lowest BCUT2D eigenvalue weighted by atomic mass is 10.2. The number of aromatic nitrogens is 1. The molecule has 0 fully saturated rings. The molecular weight excluding hydrogens is 288 g/mol. The van der Waals surface area contributed by atoms with Crippen LogP contribution in [0.5, 0.6) is 5.75 Å². The third kappa shape index (κ3) is 5.34. The number of methoxy groups -OCH3 is 1. The smallest absolute Gasteiger partial charge is 0.130 e. The number of halogens is 1. The number of pyridine rings is 1. The lowest BCUT2D eigenvalue weighted by molar-refractivity contribution is 0.199. The summed E-state index contributed by atoms with van der Waals surface area (Å²) in [5, 5.41) is 3.99. The van der Waals surface area contributed by atoms with Crippen molar-refractivity contribution in [3.05, 3.63) is 58.9 Å². The first-order valence-electron chi connectivity index (χ1n) is 6.80. The number of ether oxygens (including phenoxy) is 2. The van der Waals surface area contributed by atoms with Crippen LogP contribution < -0.4 is 10.1 Å². The molecule has 0 radical (unpaired) electrons. The highest BCUT2D eigenvalue weighted by atomic mass is 35.5. The molecule has 2 rings (SSSR count). The van der Waals surface area contributed by atoms with Crippen molar-refractivity contribution in [1.82, 2.24) is 10.3 Å². The Morgan fingerprint density at radius 2 is 2.14 bits per heavy atom. The van der Waals surface area contributed by atoms with E-state index in [1.165, 1.54) is 0 Å². The minimum atomic E-state index is 0.438. The minimum Gasteiger partial charge on any atom is -0.487 e. The normalized spacial score (nSPS) is 10.6. The van der Waals surface area contributed by atoms with E-state index in [2.05, 4.69) is 10.3 Å². The Bertz CT molecular complexity index is 549. The SMILES string of the molecule is COCCNCc1cc(Cl)ccc1OCc1ccccn1. The third-order valence-corrected chi connectivity index (χ3v) is 3.16. The molecule has 1 aromatic heterocycles. The lowest BCUT2D eigenvalue weighted by Crippen LogP contribution is -2.19. The number of rotatable bonds is 8. The van der Waals surface area contributed by atoms with Crippen molar-refractivity contribution in [2.24, 2.45) is 0 Å². The van der Waals surface area contributed by atoms with Crippen LogP contribution >= 0.6 is 11.6 Å². The summed E-state index contributed by atoms with van der Waals surface area (Å²) in [5.41, 5.74) is 1.92. The van der Waals surface area contributed by atoms with Gasteiger partial charge in [-0.25, -0.2) is 0 Å². The van der Waals surface area contributed by atoms with Crippen LogP contribution in [0.2, 0.25) is 5.02 Å². The predicted octanol–water partition coefficient (Wildman–Crippen LogP) is 3.05. The molecule has 0 atom stereocenters. The molecule has 0 amide bonds. The number of hydrogen-bond donors (Lipinski definition) is 1. The van der Waals surface area contributed by atoms with Gasteiger partial charge in [0.05, 0.1) is 12.3 Å². The van der Waals surface area contributed by atoms with E-state index < -0.39 is 0 Å². The second-order valence-electron chi connectivity index (χ2n) is 4.53. The predicted molar refractivity (Wildman–Crippen MR) is 83.6 cm³/mol. The molecule has 0 unspecified atom stereocenters. The van der Waals surface area contributed by atoms with Gasteiger partial charge in [0.15, 0.2) is 0 Å². The van der Waals surface area contributed by atoms with Gasteiger partial charge in [0.1, 0.15) is 12.4 Å². The van der Waals surface area contributed by atoms with E-state index in [1.807, 2.05) is 36.4 Å². The van der Waals surface area contributed by atoms with Crippen molar-refractivity contribution >= 4 is 11.6 Å². The summed E-state index contributed by atoms with van der Waals surface area (Å²) in [7, 11) is 1.68. The fourth-order valence-electron chi connectivity index (χ4n) is 1.86.